The summed E-state index contributed by atoms with van der Waals surface area (Å²) >= 11 is 1.71. The molecule has 0 aliphatic heterocycles. The molecule has 0 bridgehead atoms. The predicted molar refractivity (Wildman–Crippen MR) is 95.9 cm³/mol. The van der Waals surface area contributed by atoms with Gasteiger partial charge in [0, 0.05) is 4.88 Å². The lowest BCUT2D eigenvalue weighted by molar-refractivity contribution is 0.509. The Bertz CT molecular complexity index is 967. The Morgan fingerprint density at radius 3 is 2.91 bits per heavy atom. The minimum atomic E-state index is 0.0881. The van der Waals surface area contributed by atoms with Crippen molar-refractivity contribution < 1.29 is 0 Å². The highest BCUT2D eigenvalue weighted by atomic mass is 32.1. The standard InChI is InChI=1S/C19H20N2OS/c1-11-5-4-6-14(9-11)21-13(3)20-18-17(19(21)22)15-8-7-12(2)10-16(15)23-18/h4-6,9,12H,7-8,10H2,1-3H3. The summed E-state index contributed by atoms with van der Waals surface area (Å²) in [5, 5.41) is 0.851. The van der Waals surface area contributed by atoms with E-state index in [1.165, 1.54) is 10.4 Å². The lowest BCUT2D eigenvalue weighted by Gasteiger charge is -2.17. The van der Waals surface area contributed by atoms with Gasteiger partial charge in [-0.15, -0.1) is 11.3 Å². The number of nitrogens with zero attached hydrogens (tertiary/aromatic N) is 2. The van der Waals surface area contributed by atoms with Crippen molar-refractivity contribution in [2.45, 2.75) is 40.0 Å². The third-order valence-corrected chi connectivity index (χ3v) is 5.91. The first kappa shape index (κ1) is 14.6. The molecular formula is C19H20N2OS. The van der Waals surface area contributed by atoms with Crippen LogP contribution in [0.3, 0.4) is 0 Å². The molecule has 4 heteroatoms. The van der Waals surface area contributed by atoms with Gasteiger partial charge in [0.05, 0.1) is 11.1 Å². The molecule has 1 aromatic carbocycles. The van der Waals surface area contributed by atoms with E-state index < -0.39 is 0 Å². The average Bonchev–Trinajstić information content (AvgIpc) is 2.84. The molecule has 1 aliphatic rings. The molecule has 1 atom stereocenters. The van der Waals surface area contributed by atoms with E-state index >= 15 is 0 Å². The fraction of sp³-hybridized carbons (Fsp3) is 0.368. The number of aryl methyl sites for hydroxylation is 3. The van der Waals surface area contributed by atoms with Crippen molar-refractivity contribution in [3.8, 4) is 5.69 Å². The minimum Gasteiger partial charge on any atom is -0.268 e. The molecule has 0 amide bonds. The van der Waals surface area contributed by atoms with Crippen molar-refractivity contribution in [2.24, 2.45) is 5.92 Å². The molecule has 3 aromatic rings. The van der Waals surface area contributed by atoms with Gasteiger partial charge < -0.3 is 0 Å². The van der Waals surface area contributed by atoms with Crippen molar-refractivity contribution in [1.82, 2.24) is 9.55 Å². The second kappa shape index (κ2) is 5.31. The van der Waals surface area contributed by atoms with Crippen molar-refractivity contribution in [2.75, 3.05) is 0 Å². The zero-order valence-corrected chi connectivity index (χ0v) is 14.5. The van der Waals surface area contributed by atoms with Crippen LogP contribution in [0, 0.1) is 19.8 Å². The number of hydrogen-bond donors (Lipinski definition) is 0. The van der Waals surface area contributed by atoms with E-state index in [2.05, 4.69) is 6.92 Å². The van der Waals surface area contributed by atoms with Crippen LogP contribution in [0.1, 0.15) is 35.2 Å². The van der Waals surface area contributed by atoms with Gasteiger partial charge in [0.2, 0.25) is 0 Å². The maximum absolute atomic E-state index is 13.2. The van der Waals surface area contributed by atoms with Crippen molar-refractivity contribution in [3.63, 3.8) is 0 Å². The third kappa shape index (κ3) is 2.32. The molecule has 23 heavy (non-hydrogen) atoms. The van der Waals surface area contributed by atoms with Gasteiger partial charge >= 0.3 is 0 Å². The first-order chi connectivity index (χ1) is 11.0. The smallest absolute Gasteiger partial charge is 0.267 e. The Hall–Kier alpha value is -1.94. The van der Waals surface area contributed by atoms with Gasteiger partial charge in [0.1, 0.15) is 10.7 Å². The predicted octanol–water partition coefficient (Wildman–Crippen LogP) is 4.19. The average molecular weight is 324 g/mol. The van der Waals surface area contributed by atoms with E-state index in [0.717, 1.165) is 46.6 Å². The van der Waals surface area contributed by atoms with Gasteiger partial charge in [-0.3, -0.25) is 9.36 Å². The normalized spacial score (nSPS) is 17.4. The zero-order chi connectivity index (χ0) is 16.1. The minimum absolute atomic E-state index is 0.0881. The third-order valence-electron chi connectivity index (χ3n) is 4.76. The molecule has 1 aliphatic carbocycles. The SMILES string of the molecule is Cc1cccc(-n2c(C)nc3sc4c(c3c2=O)CCC(C)C4)c1. The van der Waals surface area contributed by atoms with E-state index in [1.807, 2.05) is 38.1 Å². The fourth-order valence-electron chi connectivity index (χ4n) is 3.56. The Kier molecular flexibility index (Phi) is 3.38. The highest BCUT2D eigenvalue weighted by Crippen LogP contribution is 2.36. The Balaban J connectivity index is 2.02. The van der Waals surface area contributed by atoms with Crippen LogP contribution in [-0.2, 0) is 12.8 Å². The van der Waals surface area contributed by atoms with Gasteiger partial charge in [0.25, 0.3) is 5.56 Å². The second-order valence-corrected chi connectivity index (χ2v) is 7.75. The molecule has 0 spiro atoms. The molecule has 0 N–H and O–H groups in total. The van der Waals surface area contributed by atoms with E-state index in [-0.39, 0.29) is 5.56 Å². The van der Waals surface area contributed by atoms with E-state index in [1.54, 1.807) is 15.9 Å². The summed E-state index contributed by atoms with van der Waals surface area (Å²) in [6.07, 6.45) is 3.25. The molecule has 0 saturated carbocycles. The monoisotopic (exact) mass is 324 g/mol. The van der Waals surface area contributed by atoms with Gasteiger partial charge in [0.15, 0.2) is 0 Å². The summed E-state index contributed by atoms with van der Waals surface area (Å²) in [5.74, 6) is 1.47. The van der Waals surface area contributed by atoms with Crippen LogP contribution in [0.15, 0.2) is 29.1 Å². The summed E-state index contributed by atoms with van der Waals surface area (Å²) in [4.78, 5) is 20.2. The van der Waals surface area contributed by atoms with Crippen LogP contribution in [0.4, 0.5) is 0 Å². The number of thiophene rings is 1. The van der Waals surface area contributed by atoms with Crippen LogP contribution >= 0.6 is 11.3 Å². The Labute approximate surface area is 139 Å². The Morgan fingerprint density at radius 2 is 2.13 bits per heavy atom. The molecule has 2 heterocycles. The van der Waals surface area contributed by atoms with Crippen LogP contribution in [0.2, 0.25) is 0 Å². The van der Waals surface area contributed by atoms with Crippen molar-refractivity contribution >= 4 is 21.6 Å². The van der Waals surface area contributed by atoms with E-state index in [4.69, 9.17) is 4.98 Å². The summed E-state index contributed by atoms with van der Waals surface area (Å²) in [6, 6.07) is 8.06. The number of hydrogen-bond acceptors (Lipinski definition) is 3. The lowest BCUT2D eigenvalue weighted by atomic mass is 9.89. The van der Waals surface area contributed by atoms with E-state index in [9.17, 15) is 4.79 Å². The highest BCUT2D eigenvalue weighted by molar-refractivity contribution is 7.18. The van der Waals surface area contributed by atoms with Crippen LogP contribution in [-0.4, -0.2) is 9.55 Å². The van der Waals surface area contributed by atoms with Crippen molar-refractivity contribution in [3.05, 3.63) is 56.4 Å². The maximum Gasteiger partial charge on any atom is 0.267 e. The maximum atomic E-state index is 13.2. The quantitative estimate of drug-likeness (QED) is 0.673. The molecule has 0 radical (unpaired) electrons. The number of aromatic nitrogens is 2. The second-order valence-electron chi connectivity index (χ2n) is 6.67. The first-order valence-electron chi connectivity index (χ1n) is 8.15. The highest BCUT2D eigenvalue weighted by Gasteiger charge is 2.24. The molecule has 0 fully saturated rings. The molecule has 118 valence electrons. The first-order valence-corrected chi connectivity index (χ1v) is 8.97. The number of benzene rings is 1. The largest absolute Gasteiger partial charge is 0.268 e. The molecule has 2 aromatic heterocycles. The van der Waals surface area contributed by atoms with Crippen LogP contribution in [0.5, 0.6) is 0 Å². The molecular weight excluding hydrogens is 304 g/mol. The van der Waals surface area contributed by atoms with Gasteiger partial charge in [-0.05, 0) is 62.3 Å². The summed E-state index contributed by atoms with van der Waals surface area (Å²) in [7, 11) is 0. The van der Waals surface area contributed by atoms with Gasteiger partial charge in [-0.2, -0.15) is 0 Å². The van der Waals surface area contributed by atoms with Gasteiger partial charge in [-0.1, -0.05) is 19.1 Å². The molecule has 4 rings (SSSR count). The Morgan fingerprint density at radius 1 is 1.30 bits per heavy atom. The van der Waals surface area contributed by atoms with Crippen molar-refractivity contribution in [1.29, 1.82) is 0 Å². The van der Waals surface area contributed by atoms with Gasteiger partial charge in [-0.25, -0.2) is 4.98 Å². The summed E-state index contributed by atoms with van der Waals surface area (Å²) in [5.41, 5.74) is 3.40. The topological polar surface area (TPSA) is 34.9 Å². The van der Waals surface area contributed by atoms with E-state index in [0.29, 0.717) is 5.92 Å². The summed E-state index contributed by atoms with van der Waals surface area (Å²) < 4.78 is 1.76. The lowest BCUT2D eigenvalue weighted by Crippen LogP contribution is -2.23. The number of rotatable bonds is 1. The van der Waals surface area contributed by atoms with Crippen LogP contribution in [0.25, 0.3) is 15.9 Å². The molecule has 1 unspecified atom stereocenters. The van der Waals surface area contributed by atoms with Crippen LogP contribution < -0.4 is 5.56 Å². The molecule has 0 saturated heterocycles. The molecule has 3 nitrogen and oxygen atoms in total. The summed E-state index contributed by atoms with van der Waals surface area (Å²) in [6.45, 7) is 6.26. The number of fused-ring (bicyclic) bond motifs is 3. The fourth-order valence-corrected chi connectivity index (χ4v) is 4.98. The zero-order valence-electron chi connectivity index (χ0n) is 13.7.